The van der Waals surface area contributed by atoms with E-state index in [1.807, 2.05) is 37.3 Å². The molecule has 0 spiro atoms. The predicted octanol–water partition coefficient (Wildman–Crippen LogP) is 3.26. The van der Waals surface area contributed by atoms with Crippen LogP contribution >= 0.6 is 0 Å². The minimum Gasteiger partial charge on any atom is -0.481 e. The Hall–Kier alpha value is -1.84. The normalized spacial score (nSPS) is 13.4. The largest absolute Gasteiger partial charge is 0.481 e. The second-order valence-electron chi connectivity index (χ2n) is 5.72. The third kappa shape index (κ3) is 6.29. The standard InChI is InChI=1S/C18H27NO3/c1-3-5-11-15(4-2)17(20)19-13-16(18(21)22)12-14-9-7-6-8-10-14/h6-10,15-16H,3-5,11-13H2,1-2H3,(H,19,20)(H,21,22). The van der Waals surface area contributed by atoms with Gasteiger partial charge in [0, 0.05) is 12.5 Å². The fourth-order valence-electron chi connectivity index (χ4n) is 2.48. The van der Waals surface area contributed by atoms with E-state index in [4.69, 9.17) is 0 Å². The van der Waals surface area contributed by atoms with E-state index in [-0.39, 0.29) is 18.4 Å². The average molecular weight is 305 g/mol. The summed E-state index contributed by atoms with van der Waals surface area (Å²) in [6.45, 7) is 4.29. The summed E-state index contributed by atoms with van der Waals surface area (Å²) in [4.78, 5) is 23.5. The first-order chi connectivity index (χ1) is 10.6. The quantitative estimate of drug-likeness (QED) is 0.697. The first-order valence-corrected chi connectivity index (χ1v) is 8.12. The summed E-state index contributed by atoms with van der Waals surface area (Å²) in [5.74, 6) is -1.48. The van der Waals surface area contributed by atoms with Crippen LogP contribution in [0.25, 0.3) is 0 Å². The van der Waals surface area contributed by atoms with Crippen LogP contribution in [0.5, 0.6) is 0 Å². The van der Waals surface area contributed by atoms with Crippen LogP contribution in [0.2, 0.25) is 0 Å². The van der Waals surface area contributed by atoms with Crippen LogP contribution in [0.3, 0.4) is 0 Å². The SMILES string of the molecule is CCCCC(CC)C(=O)NCC(Cc1ccccc1)C(=O)O. The molecule has 0 heterocycles. The highest BCUT2D eigenvalue weighted by Gasteiger charge is 2.21. The molecule has 0 saturated heterocycles. The van der Waals surface area contributed by atoms with Gasteiger partial charge in [-0.1, -0.05) is 57.0 Å². The summed E-state index contributed by atoms with van der Waals surface area (Å²) in [5.41, 5.74) is 0.974. The van der Waals surface area contributed by atoms with Gasteiger partial charge in [-0.2, -0.15) is 0 Å². The number of amides is 1. The molecule has 0 aliphatic heterocycles. The van der Waals surface area contributed by atoms with E-state index in [1.165, 1.54) is 0 Å². The number of aliphatic carboxylic acids is 1. The molecule has 0 bridgehead atoms. The minimum absolute atomic E-state index is 0.00822. The van der Waals surface area contributed by atoms with Crippen molar-refractivity contribution < 1.29 is 14.7 Å². The maximum absolute atomic E-state index is 12.2. The molecule has 1 amide bonds. The summed E-state index contributed by atoms with van der Waals surface area (Å²) in [7, 11) is 0. The lowest BCUT2D eigenvalue weighted by atomic mass is 9.96. The molecule has 2 N–H and O–H groups in total. The Balaban J connectivity index is 2.53. The van der Waals surface area contributed by atoms with Gasteiger partial charge in [0.05, 0.1) is 5.92 Å². The molecule has 122 valence electrons. The number of hydrogen-bond donors (Lipinski definition) is 2. The van der Waals surface area contributed by atoms with Crippen molar-refractivity contribution in [1.29, 1.82) is 0 Å². The number of carbonyl (C=O) groups is 2. The van der Waals surface area contributed by atoms with E-state index in [9.17, 15) is 14.7 Å². The van der Waals surface area contributed by atoms with Crippen molar-refractivity contribution in [3.8, 4) is 0 Å². The van der Waals surface area contributed by atoms with Crippen molar-refractivity contribution in [3.05, 3.63) is 35.9 Å². The number of carbonyl (C=O) groups excluding carboxylic acids is 1. The molecule has 22 heavy (non-hydrogen) atoms. The van der Waals surface area contributed by atoms with Crippen molar-refractivity contribution in [2.45, 2.75) is 46.0 Å². The second-order valence-corrected chi connectivity index (χ2v) is 5.72. The van der Waals surface area contributed by atoms with Crippen LogP contribution in [0.1, 0.15) is 45.1 Å². The Morgan fingerprint density at radius 1 is 1.14 bits per heavy atom. The van der Waals surface area contributed by atoms with Crippen LogP contribution in [-0.4, -0.2) is 23.5 Å². The number of carboxylic acid groups (broad SMARTS) is 1. The zero-order valence-electron chi connectivity index (χ0n) is 13.5. The maximum atomic E-state index is 12.2. The summed E-state index contributed by atoms with van der Waals surface area (Å²) >= 11 is 0. The number of hydrogen-bond acceptors (Lipinski definition) is 2. The molecule has 0 aliphatic rings. The number of rotatable bonds is 10. The highest BCUT2D eigenvalue weighted by molar-refractivity contribution is 5.79. The molecular weight excluding hydrogens is 278 g/mol. The third-order valence-corrected chi connectivity index (χ3v) is 3.97. The molecule has 1 aromatic rings. The molecule has 4 heteroatoms. The number of carboxylic acids is 1. The minimum atomic E-state index is -0.870. The maximum Gasteiger partial charge on any atom is 0.308 e. The Bertz CT molecular complexity index is 459. The second kappa shape index (κ2) is 9.98. The summed E-state index contributed by atoms with van der Waals surface area (Å²) in [6.07, 6.45) is 4.19. The highest BCUT2D eigenvalue weighted by atomic mass is 16.4. The monoisotopic (exact) mass is 305 g/mol. The fourth-order valence-corrected chi connectivity index (χ4v) is 2.48. The van der Waals surface area contributed by atoms with Gasteiger partial charge in [-0.05, 0) is 24.8 Å². The van der Waals surface area contributed by atoms with Crippen LogP contribution in [0, 0.1) is 11.8 Å². The zero-order valence-corrected chi connectivity index (χ0v) is 13.5. The molecule has 1 aromatic carbocycles. The Labute approximate surface area is 132 Å². The van der Waals surface area contributed by atoms with E-state index >= 15 is 0 Å². The highest BCUT2D eigenvalue weighted by Crippen LogP contribution is 2.13. The third-order valence-electron chi connectivity index (χ3n) is 3.97. The smallest absolute Gasteiger partial charge is 0.308 e. The first-order valence-electron chi connectivity index (χ1n) is 8.12. The van der Waals surface area contributed by atoms with E-state index < -0.39 is 11.9 Å². The average Bonchev–Trinajstić information content (AvgIpc) is 2.52. The Morgan fingerprint density at radius 3 is 2.36 bits per heavy atom. The van der Waals surface area contributed by atoms with Crippen molar-refractivity contribution in [1.82, 2.24) is 5.32 Å². The number of benzene rings is 1. The van der Waals surface area contributed by atoms with Gasteiger partial charge < -0.3 is 10.4 Å². The van der Waals surface area contributed by atoms with Gasteiger partial charge in [0.2, 0.25) is 5.91 Å². The molecule has 0 fully saturated rings. The van der Waals surface area contributed by atoms with Gasteiger partial charge in [-0.3, -0.25) is 9.59 Å². The number of nitrogens with one attached hydrogen (secondary N) is 1. The van der Waals surface area contributed by atoms with Crippen LogP contribution < -0.4 is 5.32 Å². The first kappa shape index (κ1) is 18.2. The Morgan fingerprint density at radius 2 is 1.82 bits per heavy atom. The molecule has 2 unspecified atom stereocenters. The van der Waals surface area contributed by atoms with Crippen LogP contribution in [-0.2, 0) is 16.0 Å². The molecule has 2 atom stereocenters. The van der Waals surface area contributed by atoms with E-state index in [0.717, 1.165) is 31.2 Å². The summed E-state index contributed by atoms with van der Waals surface area (Å²) in [5, 5.41) is 12.2. The van der Waals surface area contributed by atoms with Gasteiger partial charge in [0.25, 0.3) is 0 Å². The topological polar surface area (TPSA) is 66.4 Å². The zero-order chi connectivity index (χ0) is 16.4. The van der Waals surface area contributed by atoms with Gasteiger partial charge >= 0.3 is 5.97 Å². The lowest BCUT2D eigenvalue weighted by Crippen LogP contribution is -2.37. The van der Waals surface area contributed by atoms with Gasteiger partial charge in [-0.15, -0.1) is 0 Å². The van der Waals surface area contributed by atoms with E-state index in [0.29, 0.717) is 6.42 Å². The Kier molecular flexibility index (Phi) is 8.26. The molecule has 0 aliphatic carbocycles. The summed E-state index contributed by atoms with van der Waals surface area (Å²) < 4.78 is 0. The molecule has 0 aromatic heterocycles. The van der Waals surface area contributed by atoms with Gasteiger partial charge in [0.15, 0.2) is 0 Å². The van der Waals surface area contributed by atoms with Gasteiger partial charge in [-0.25, -0.2) is 0 Å². The van der Waals surface area contributed by atoms with E-state index in [2.05, 4.69) is 12.2 Å². The molecule has 0 radical (unpaired) electrons. The molecular formula is C18H27NO3. The van der Waals surface area contributed by atoms with Crippen molar-refractivity contribution in [2.24, 2.45) is 11.8 Å². The predicted molar refractivity (Wildman–Crippen MR) is 87.6 cm³/mol. The number of unbranched alkanes of at least 4 members (excludes halogenated alkanes) is 1. The van der Waals surface area contributed by atoms with Gasteiger partial charge in [0.1, 0.15) is 0 Å². The van der Waals surface area contributed by atoms with E-state index in [1.54, 1.807) is 0 Å². The summed E-state index contributed by atoms with van der Waals surface area (Å²) in [6, 6.07) is 9.51. The fraction of sp³-hybridized carbons (Fsp3) is 0.556. The van der Waals surface area contributed by atoms with Crippen molar-refractivity contribution in [2.75, 3.05) is 6.54 Å². The van der Waals surface area contributed by atoms with Crippen LogP contribution in [0.4, 0.5) is 0 Å². The molecule has 1 rings (SSSR count). The van der Waals surface area contributed by atoms with Crippen molar-refractivity contribution in [3.63, 3.8) is 0 Å². The lowest BCUT2D eigenvalue weighted by Gasteiger charge is -2.17. The molecule has 0 saturated carbocycles. The lowest BCUT2D eigenvalue weighted by molar-refractivity contribution is -0.141. The molecule has 4 nitrogen and oxygen atoms in total. The van der Waals surface area contributed by atoms with Crippen molar-refractivity contribution >= 4 is 11.9 Å². The van der Waals surface area contributed by atoms with Crippen LogP contribution in [0.15, 0.2) is 30.3 Å².